The van der Waals surface area contributed by atoms with Crippen molar-refractivity contribution in [3.05, 3.63) is 52.1 Å². The lowest BCUT2D eigenvalue weighted by molar-refractivity contribution is 0.467. The van der Waals surface area contributed by atoms with E-state index in [0.29, 0.717) is 10.5 Å². The largest absolute Gasteiger partial charge is 0.337 e. The Balaban J connectivity index is 2.37. The zero-order valence-electron chi connectivity index (χ0n) is 8.65. The van der Waals surface area contributed by atoms with E-state index in [1.807, 2.05) is 0 Å². The van der Waals surface area contributed by atoms with Gasteiger partial charge in [0.2, 0.25) is 0 Å². The number of benzene rings is 1. The fraction of sp³-hybridized carbons (Fsp3) is 0. The first-order valence-corrected chi connectivity index (χ1v) is 5.50. The van der Waals surface area contributed by atoms with Crippen molar-refractivity contribution in [3.63, 3.8) is 0 Å². The number of nitrogens with one attached hydrogen (secondary N) is 1. The van der Waals surface area contributed by atoms with Crippen LogP contribution in [0.3, 0.4) is 0 Å². The van der Waals surface area contributed by atoms with Crippen LogP contribution < -0.4 is 5.32 Å². The van der Waals surface area contributed by atoms with E-state index in [9.17, 15) is 17.6 Å². The Morgan fingerprint density at radius 1 is 1.00 bits per heavy atom. The van der Waals surface area contributed by atoms with E-state index < -0.39 is 29.2 Å². The molecule has 0 amide bonds. The van der Waals surface area contributed by atoms with Gasteiger partial charge in [0, 0.05) is 10.5 Å². The van der Waals surface area contributed by atoms with Crippen LogP contribution in [0.4, 0.5) is 29.1 Å². The monoisotopic (exact) mass is 320 g/mol. The lowest BCUT2D eigenvalue weighted by Gasteiger charge is -2.08. The summed E-state index contributed by atoms with van der Waals surface area (Å²) in [5.41, 5.74) is 0.272. The molecule has 0 fully saturated rings. The molecule has 0 aliphatic heterocycles. The molecule has 2 rings (SSSR count). The van der Waals surface area contributed by atoms with Crippen LogP contribution in [0, 0.1) is 23.4 Å². The van der Waals surface area contributed by atoms with Crippen LogP contribution in [0.2, 0.25) is 0 Å². The van der Waals surface area contributed by atoms with Crippen LogP contribution in [0.5, 0.6) is 0 Å². The molecule has 0 unspecified atom stereocenters. The molecule has 0 atom stereocenters. The molecule has 2 aromatic rings. The average Bonchev–Trinajstić information content (AvgIpc) is 2.29. The van der Waals surface area contributed by atoms with E-state index in [2.05, 4.69) is 26.2 Å². The summed E-state index contributed by atoms with van der Waals surface area (Å²) in [5.74, 6) is -4.83. The molecule has 18 heavy (non-hydrogen) atoms. The summed E-state index contributed by atoms with van der Waals surface area (Å²) < 4.78 is 52.0. The van der Waals surface area contributed by atoms with Gasteiger partial charge in [-0.3, -0.25) is 0 Å². The number of rotatable bonds is 2. The molecule has 2 nitrogen and oxygen atoms in total. The highest BCUT2D eigenvalue weighted by Crippen LogP contribution is 2.27. The molecule has 0 aliphatic carbocycles. The van der Waals surface area contributed by atoms with E-state index in [1.165, 1.54) is 6.07 Å². The number of hydrogen-bond donors (Lipinski definition) is 1. The third kappa shape index (κ3) is 2.61. The van der Waals surface area contributed by atoms with Crippen molar-refractivity contribution in [2.24, 2.45) is 0 Å². The predicted octanol–water partition coefficient (Wildman–Crippen LogP) is 4.14. The second-order valence-corrected chi connectivity index (χ2v) is 4.19. The molecular formula is C11H5BrF4N2. The van der Waals surface area contributed by atoms with Gasteiger partial charge in [-0.15, -0.1) is 0 Å². The van der Waals surface area contributed by atoms with Gasteiger partial charge in [-0.25, -0.2) is 13.2 Å². The Morgan fingerprint density at radius 3 is 2.39 bits per heavy atom. The summed E-state index contributed by atoms with van der Waals surface area (Å²) >= 11 is 3.04. The fourth-order valence-electron chi connectivity index (χ4n) is 1.25. The van der Waals surface area contributed by atoms with E-state index >= 15 is 0 Å². The zero-order valence-corrected chi connectivity index (χ0v) is 10.2. The van der Waals surface area contributed by atoms with E-state index in [-0.39, 0.29) is 5.69 Å². The van der Waals surface area contributed by atoms with Gasteiger partial charge in [0.25, 0.3) is 5.95 Å². The van der Waals surface area contributed by atoms with E-state index in [1.54, 1.807) is 0 Å². The Labute approximate surface area is 108 Å². The third-order valence-electron chi connectivity index (χ3n) is 2.07. The SMILES string of the molecule is Fc1ccc(Nc2nc(F)c(F)cc2F)c(Br)c1. The quantitative estimate of drug-likeness (QED) is 0.664. The van der Waals surface area contributed by atoms with Crippen LogP contribution >= 0.6 is 15.9 Å². The molecular weight excluding hydrogens is 316 g/mol. The molecule has 0 saturated heterocycles. The number of anilines is 2. The molecule has 0 bridgehead atoms. The highest BCUT2D eigenvalue weighted by Gasteiger charge is 2.12. The summed E-state index contributed by atoms with van der Waals surface area (Å²) in [5, 5.41) is 2.43. The smallest absolute Gasteiger partial charge is 0.251 e. The van der Waals surface area contributed by atoms with Crippen molar-refractivity contribution in [1.82, 2.24) is 4.98 Å². The van der Waals surface area contributed by atoms with Crippen LogP contribution in [0.15, 0.2) is 28.7 Å². The molecule has 0 radical (unpaired) electrons. The van der Waals surface area contributed by atoms with Crippen molar-refractivity contribution in [3.8, 4) is 0 Å². The predicted molar refractivity (Wildman–Crippen MR) is 61.5 cm³/mol. The van der Waals surface area contributed by atoms with Gasteiger partial charge in [0.15, 0.2) is 17.5 Å². The van der Waals surface area contributed by atoms with Gasteiger partial charge in [0.1, 0.15) is 5.82 Å². The van der Waals surface area contributed by atoms with Gasteiger partial charge in [-0.1, -0.05) is 0 Å². The van der Waals surface area contributed by atoms with Crippen molar-refractivity contribution < 1.29 is 17.6 Å². The summed E-state index contributed by atoms with van der Waals surface area (Å²) in [6.07, 6.45) is 0. The van der Waals surface area contributed by atoms with Crippen LogP contribution in [0.25, 0.3) is 0 Å². The van der Waals surface area contributed by atoms with Gasteiger partial charge >= 0.3 is 0 Å². The highest BCUT2D eigenvalue weighted by atomic mass is 79.9. The zero-order chi connectivity index (χ0) is 13.3. The molecule has 0 saturated carbocycles. The van der Waals surface area contributed by atoms with Crippen molar-refractivity contribution in [1.29, 1.82) is 0 Å². The number of aromatic nitrogens is 1. The Hall–Kier alpha value is -1.63. The molecule has 1 aromatic carbocycles. The molecule has 1 N–H and O–H groups in total. The van der Waals surface area contributed by atoms with Gasteiger partial charge in [-0.2, -0.15) is 9.37 Å². The maximum atomic E-state index is 13.3. The first kappa shape index (κ1) is 12.8. The van der Waals surface area contributed by atoms with Gasteiger partial charge < -0.3 is 5.32 Å². The summed E-state index contributed by atoms with van der Waals surface area (Å²) in [6.45, 7) is 0. The summed E-state index contributed by atoms with van der Waals surface area (Å²) in [6, 6.07) is 3.95. The van der Waals surface area contributed by atoms with Crippen molar-refractivity contribution >= 4 is 27.4 Å². The third-order valence-corrected chi connectivity index (χ3v) is 2.73. The molecule has 0 spiro atoms. The second kappa shape index (κ2) is 4.93. The van der Waals surface area contributed by atoms with Crippen molar-refractivity contribution in [2.45, 2.75) is 0 Å². The fourth-order valence-corrected chi connectivity index (χ4v) is 1.70. The number of pyridine rings is 1. The summed E-state index contributed by atoms with van der Waals surface area (Å²) in [4.78, 5) is 3.09. The number of halogens is 5. The van der Waals surface area contributed by atoms with Crippen LogP contribution in [-0.2, 0) is 0 Å². The Bertz CT molecular complexity index is 604. The minimum atomic E-state index is -1.42. The average molecular weight is 321 g/mol. The van der Waals surface area contributed by atoms with E-state index in [4.69, 9.17) is 0 Å². The highest BCUT2D eigenvalue weighted by molar-refractivity contribution is 9.10. The maximum absolute atomic E-state index is 13.3. The molecule has 7 heteroatoms. The van der Waals surface area contributed by atoms with Crippen LogP contribution in [-0.4, -0.2) is 4.98 Å². The Morgan fingerprint density at radius 2 is 1.72 bits per heavy atom. The first-order valence-electron chi connectivity index (χ1n) is 4.71. The first-order chi connectivity index (χ1) is 8.47. The number of hydrogen-bond acceptors (Lipinski definition) is 2. The minimum Gasteiger partial charge on any atom is -0.337 e. The maximum Gasteiger partial charge on any atom is 0.251 e. The molecule has 1 aromatic heterocycles. The molecule has 94 valence electrons. The summed E-state index contributed by atoms with van der Waals surface area (Å²) in [7, 11) is 0. The van der Waals surface area contributed by atoms with Gasteiger partial charge in [-0.05, 0) is 34.1 Å². The topological polar surface area (TPSA) is 24.9 Å². The second-order valence-electron chi connectivity index (χ2n) is 3.34. The van der Waals surface area contributed by atoms with Crippen molar-refractivity contribution in [2.75, 3.05) is 5.32 Å². The van der Waals surface area contributed by atoms with Gasteiger partial charge in [0.05, 0.1) is 5.69 Å². The van der Waals surface area contributed by atoms with Crippen LogP contribution in [0.1, 0.15) is 0 Å². The minimum absolute atomic E-state index is 0.272. The standard InChI is InChI=1S/C11H5BrF4N2/c12-6-3-5(13)1-2-9(6)17-11-8(15)4-7(14)10(16)18-11/h1-4H,(H,17,18). The normalized spacial score (nSPS) is 10.5. The lowest BCUT2D eigenvalue weighted by Crippen LogP contribution is -2.02. The molecule has 0 aliphatic rings. The Kier molecular flexibility index (Phi) is 3.51. The number of nitrogens with zero attached hydrogens (tertiary/aromatic N) is 1. The molecule has 1 heterocycles. The van der Waals surface area contributed by atoms with E-state index in [0.717, 1.165) is 12.1 Å². The lowest BCUT2D eigenvalue weighted by atomic mass is 10.3.